The third-order valence-electron chi connectivity index (χ3n) is 5.18. The molecular weight excluding hydrogens is 392 g/mol. The van der Waals surface area contributed by atoms with Gasteiger partial charge in [0, 0.05) is 18.3 Å². The minimum atomic E-state index is -2.82. The lowest BCUT2D eigenvalue weighted by molar-refractivity contribution is -0.892. The van der Waals surface area contributed by atoms with Crippen molar-refractivity contribution in [3.63, 3.8) is 0 Å². The molecule has 2 aromatic carbocycles. The average molecular weight is 420 g/mol. The highest BCUT2D eigenvalue weighted by Crippen LogP contribution is 2.20. The number of methoxy groups -OCH3 is 1. The monoisotopic (exact) mass is 420 g/mol. The van der Waals surface area contributed by atoms with Crippen LogP contribution in [0.2, 0.25) is 0 Å². The molecule has 0 spiro atoms. The van der Waals surface area contributed by atoms with Crippen molar-refractivity contribution in [1.82, 2.24) is 5.32 Å². The maximum absolute atomic E-state index is 12.2. The number of ether oxygens (including phenoxy) is 2. The highest BCUT2D eigenvalue weighted by molar-refractivity contribution is 5.76. The van der Waals surface area contributed by atoms with E-state index in [4.69, 9.17) is 4.74 Å². The van der Waals surface area contributed by atoms with Crippen molar-refractivity contribution in [2.75, 3.05) is 51.3 Å². The lowest BCUT2D eigenvalue weighted by atomic mass is 10.1. The molecule has 1 aliphatic rings. The molecule has 3 rings (SSSR count). The van der Waals surface area contributed by atoms with Crippen LogP contribution in [0, 0.1) is 0 Å². The van der Waals surface area contributed by atoms with Gasteiger partial charge in [-0.15, -0.1) is 0 Å². The molecule has 30 heavy (non-hydrogen) atoms. The number of nitrogens with one attached hydrogen (secondary N) is 2. The quantitative estimate of drug-likeness (QED) is 0.643. The number of nitrogens with zero attached hydrogens (tertiary/aromatic N) is 1. The van der Waals surface area contributed by atoms with E-state index in [1.165, 1.54) is 17.0 Å². The number of alkyl halides is 2. The number of carbonyl (C=O) groups is 1. The van der Waals surface area contributed by atoms with Gasteiger partial charge in [-0.3, -0.25) is 4.79 Å². The molecule has 162 valence electrons. The van der Waals surface area contributed by atoms with E-state index in [0.29, 0.717) is 19.5 Å². The van der Waals surface area contributed by atoms with Crippen LogP contribution in [-0.4, -0.2) is 58.9 Å². The molecule has 1 fully saturated rings. The second-order valence-electron chi connectivity index (χ2n) is 7.24. The molecule has 8 heteroatoms. The van der Waals surface area contributed by atoms with Gasteiger partial charge in [-0.1, -0.05) is 18.2 Å². The van der Waals surface area contributed by atoms with Crippen LogP contribution in [0.15, 0.2) is 48.5 Å². The number of quaternary nitrogens is 1. The minimum absolute atomic E-state index is 0.0254. The fourth-order valence-electron chi connectivity index (χ4n) is 3.54. The summed E-state index contributed by atoms with van der Waals surface area (Å²) < 4.78 is 33.9. The molecule has 1 saturated heterocycles. The number of halogens is 2. The summed E-state index contributed by atoms with van der Waals surface area (Å²) in [5.41, 5.74) is 2.10. The molecule has 1 amide bonds. The van der Waals surface area contributed by atoms with E-state index >= 15 is 0 Å². The van der Waals surface area contributed by atoms with Crippen molar-refractivity contribution < 1.29 is 27.9 Å². The molecule has 0 atom stereocenters. The Kier molecular flexibility index (Phi) is 7.84. The third kappa shape index (κ3) is 6.59. The Morgan fingerprint density at radius 1 is 1.13 bits per heavy atom. The summed E-state index contributed by atoms with van der Waals surface area (Å²) in [7, 11) is 1.66. The van der Waals surface area contributed by atoms with Gasteiger partial charge >= 0.3 is 6.61 Å². The standard InChI is InChI=1S/C22H27F2N3O3/c1-29-20-4-2-3-18(15-20)27-13-11-26(12-14-27)16-21(28)25-10-9-17-5-7-19(8-6-17)30-22(23)24/h2-8,15,22H,9-14,16H2,1H3,(H,25,28)/p+1. The van der Waals surface area contributed by atoms with Crippen LogP contribution in [0.5, 0.6) is 11.5 Å². The van der Waals surface area contributed by atoms with Crippen molar-refractivity contribution in [1.29, 1.82) is 0 Å². The zero-order valence-electron chi connectivity index (χ0n) is 17.1. The van der Waals surface area contributed by atoms with Crippen LogP contribution in [-0.2, 0) is 11.2 Å². The Balaban J connectivity index is 1.35. The zero-order valence-corrected chi connectivity index (χ0v) is 17.1. The van der Waals surface area contributed by atoms with Gasteiger partial charge in [0.1, 0.15) is 11.5 Å². The van der Waals surface area contributed by atoms with Gasteiger partial charge in [-0.05, 0) is 36.2 Å². The van der Waals surface area contributed by atoms with Crippen molar-refractivity contribution >= 4 is 11.6 Å². The molecule has 0 radical (unpaired) electrons. The molecular formula is C22H28F2N3O3+. The molecule has 2 aromatic rings. The predicted octanol–water partition coefficient (Wildman–Crippen LogP) is 1.36. The summed E-state index contributed by atoms with van der Waals surface area (Å²) in [6.07, 6.45) is 0.639. The largest absolute Gasteiger partial charge is 0.497 e. The lowest BCUT2D eigenvalue weighted by Gasteiger charge is -2.33. The SMILES string of the molecule is COc1cccc(N2CC[NH+](CC(=O)NCCc3ccc(OC(F)F)cc3)CC2)c1. The van der Waals surface area contributed by atoms with E-state index in [1.54, 1.807) is 19.2 Å². The molecule has 1 heterocycles. The van der Waals surface area contributed by atoms with E-state index in [2.05, 4.69) is 21.0 Å². The van der Waals surface area contributed by atoms with Crippen LogP contribution >= 0.6 is 0 Å². The van der Waals surface area contributed by atoms with Gasteiger partial charge in [0.15, 0.2) is 6.54 Å². The number of amides is 1. The summed E-state index contributed by atoms with van der Waals surface area (Å²) in [6.45, 7) is 1.72. The van der Waals surface area contributed by atoms with Gasteiger partial charge in [0.05, 0.1) is 33.3 Å². The first kappa shape index (κ1) is 21.8. The number of carbonyl (C=O) groups excluding carboxylic acids is 1. The van der Waals surface area contributed by atoms with Gasteiger partial charge < -0.3 is 24.6 Å². The molecule has 0 saturated carbocycles. The first-order chi connectivity index (χ1) is 14.5. The lowest BCUT2D eigenvalue weighted by Crippen LogP contribution is -3.16. The number of hydrogen-bond acceptors (Lipinski definition) is 4. The van der Waals surface area contributed by atoms with E-state index < -0.39 is 6.61 Å². The van der Waals surface area contributed by atoms with E-state index in [-0.39, 0.29) is 11.7 Å². The summed E-state index contributed by atoms with van der Waals surface area (Å²) in [5.74, 6) is 1.00. The zero-order chi connectivity index (χ0) is 21.3. The summed E-state index contributed by atoms with van der Waals surface area (Å²) >= 11 is 0. The van der Waals surface area contributed by atoms with Gasteiger partial charge in [0.2, 0.25) is 0 Å². The maximum Gasteiger partial charge on any atom is 0.387 e. The Morgan fingerprint density at radius 2 is 1.87 bits per heavy atom. The summed E-state index contributed by atoms with van der Waals surface area (Å²) in [5, 5.41) is 2.94. The number of benzene rings is 2. The first-order valence-corrected chi connectivity index (χ1v) is 10.1. The highest BCUT2D eigenvalue weighted by Gasteiger charge is 2.22. The van der Waals surface area contributed by atoms with Crippen LogP contribution in [0.3, 0.4) is 0 Å². The molecule has 0 aliphatic carbocycles. The molecule has 0 bridgehead atoms. The maximum atomic E-state index is 12.2. The average Bonchev–Trinajstić information content (AvgIpc) is 2.75. The summed E-state index contributed by atoms with van der Waals surface area (Å²) in [6, 6.07) is 14.5. The number of anilines is 1. The minimum Gasteiger partial charge on any atom is -0.497 e. The Labute approximate surface area is 175 Å². The highest BCUT2D eigenvalue weighted by atomic mass is 19.3. The molecule has 0 unspecified atom stereocenters. The normalized spacial score (nSPS) is 14.6. The third-order valence-corrected chi connectivity index (χ3v) is 5.18. The van der Waals surface area contributed by atoms with Crippen LogP contribution in [0.4, 0.5) is 14.5 Å². The Hall–Kier alpha value is -2.87. The Morgan fingerprint density at radius 3 is 2.53 bits per heavy atom. The van der Waals surface area contributed by atoms with Crippen LogP contribution in [0.25, 0.3) is 0 Å². The van der Waals surface area contributed by atoms with Gasteiger partial charge in [-0.25, -0.2) is 0 Å². The number of rotatable bonds is 9. The summed E-state index contributed by atoms with van der Waals surface area (Å²) in [4.78, 5) is 15.8. The predicted molar refractivity (Wildman–Crippen MR) is 111 cm³/mol. The van der Waals surface area contributed by atoms with Crippen LogP contribution in [0.1, 0.15) is 5.56 Å². The smallest absolute Gasteiger partial charge is 0.387 e. The molecule has 1 aliphatic heterocycles. The van der Waals surface area contributed by atoms with Crippen LogP contribution < -0.4 is 24.6 Å². The number of piperazine rings is 1. The van der Waals surface area contributed by atoms with Crippen molar-refractivity contribution in [2.45, 2.75) is 13.0 Å². The van der Waals surface area contributed by atoms with Gasteiger partial charge in [0.25, 0.3) is 5.91 Å². The second-order valence-corrected chi connectivity index (χ2v) is 7.24. The molecule has 2 N–H and O–H groups in total. The van der Waals surface area contributed by atoms with Crippen molar-refractivity contribution in [3.8, 4) is 11.5 Å². The fourth-order valence-corrected chi connectivity index (χ4v) is 3.54. The Bertz CT molecular complexity index is 810. The van der Waals surface area contributed by atoms with Gasteiger partial charge in [-0.2, -0.15) is 8.78 Å². The van der Waals surface area contributed by atoms with Crippen molar-refractivity contribution in [3.05, 3.63) is 54.1 Å². The van der Waals surface area contributed by atoms with E-state index in [9.17, 15) is 13.6 Å². The topological polar surface area (TPSA) is 55.2 Å². The second kappa shape index (κ2) is 10.8. The molecule has 6 nitrogen and oxygen atoms in total. The fraction of sp³-hybridized carbons (Fsp3) is 0.409. The van der Waals surface area contributed by atoms with E-state index in [1.807, 2.05) is 18.2 Å². The first-order valence-electron chi connectivity index (χ1n) is 10.1. The van der Waals surface area contributed by atoms with Crippen molar-refractivity contribution in [2.24, 2.45) is 0 Å². The number of hydrogen-bond donors (Lipinski definition) is 2. The molecule has 0 aromatic heterocycles. The van der Waals surface area contributed by atoms with E-state index in [0.717, 1.165) is 43.2 Å².